The third kappa shape index (κ3) is 2.99. The lowest BCUT2D eigenvalue weighted by molar-refractivity contribution is 0.0525. The Kier molecular flexibility index (Phi) is 4.44. The monoisotopic (exact) mass is 394 g/mol. The van der Waals surface area contributed by atoms with Gasteiger partial charge in [0.1, 0.15) is 5.69 Å². The van der Waals surface area contributed by atoms with Crippen molar-refractivity contribution >= 4 is 22.4 Å². The predicted octanol–water partition coefficient (Wildman–Crippen LogP) is 4.79. The molecule has 4 heterocycles. The molecule has 30 heavy (non-hydrogen) atoms. The maximum Gasteiger partial charge on any atom is 0.339 e. The van der Waals surface area contributed by atoms with E-state index in [1.165, 1.54) is 0 Å². The molecule has 0 aliphatic heterocycles. The Morgan fingerprint density at radius 3 is 2.67 bits per heavy atom. The number of carbonyl (C=O) groups excluding carboxylic acids is 1. The molecule has 0 atom stereocenters. The molecule has 146 valence electrons. The zero-order valence-electron chi connectivity index (χ0n) is 16.3. The summed E-state index contributed by atoms with van der Waals surface area (Å²) in [6.45, 7) is 2.11. The van der Waals surface area contributed by atoms with Crippen molar-refractivity contribution in [3.63, 3.8) is 0 Å². The van der Waals surface area contributed by atoms with Crippen LogP contribution in [0.3, 0.4) is 0 Å². The van der Waals surface area contributed by atoms with Crippen molar-refractivity contribution in [1.29, 1.82) is 0 Å². The van der Waals surface area contributed by atoms with Gasteiger partial charge in [-0.25, -0.2) is 9.31 Å². The van der Waals surface area contributed by atoms with Gasteiger partial charge < -0.3 is 4.74 Å². The van der Waals surface area contributed by atoms with Gasteiger partial charge in [0.25, 0.3) is 0 Å². The first kappa shape index (κ1) is 18.0. The second-order valence-electron chi connectivity index (χ2n) is 6.78. The number of aromatic nitrogens is 4. The highest BCUT2D eigenvalue weighted by Crippen LogP contribution is 2.37. The number of benzene rings is 1. The van der Waals surface area contributed by atoms with Crippen LogP contribution in [0.2, 0.25) is 0 Å². The molecule has 5 rings (SSSR count). The molecule has 1 aromatic carbocycles. The first-order chi connectivity index (χ1) is 14.8. The molecular formula is C24H18N4O2. The summed E-state index contributed by atoms with van der Waals surface area (Å²) in [5.74, 6) is -0.370. The number of esters is 1. The first-order valence-electron chi connectivity index (χ1n) is 9.71. The maximum atomic E-state index is 12.2. The standard InChI is InChI=1S/C24H18N4O2/c1-2-30-24(29)16-10-11-21-22(18-12-14-26-19-8-4-3-7-17(18)19)23(27-28(21)15-16)20-9-5-6-13-25-20/h3-15H,2H2,1H3. The van der Waals surface area contributed by atoms with Crippen LogP contribution in [-0.4, -0.2) is 32.2 Å². The second-order valence-corrected chi connectivity index (χ2v) is 6.78. The molecule has 0 saturated heterocycles. The zero-order chi connectivity index (χ0) is 20.5. The molecule has 0 aliphatic rings. The quantitative estimate of drug-likeness (QED) is 0.410. The lowest BCUT2D eigenvalue weighted by atomic mass is 9.98. The van der Waals surface area contributed by atoms with Crippen LogP contribution >= 0.6 is 0 Å². The molecule has 0 radical (unpaired) electrons. The summed E-state index contributed by atoms with van der Waals surface area (Å²) in [6.07, 6.45) is 5.25. The smallest absolute Gasteiger partial charge is 0.339 e. The zero-order valence-corrected chi connectivity index (χ0v) is 16.3. The molecule has 0 saturated carbocycles. The first-order valence-corrected chi connectivity index (χ1v) is 9.71. The van der Waals surface area contributed by atoms with Crippen molar-refractivity contribution in [2.24, 2.45) is 0 Å². The molecular weight excluding hydrogens is 376 g/mol. The average Bonchev–Trinajstić information content (AvgIpc) is 3.18. The van der Waals surface area contributed by atoms with Crippen LogP contribution in [0.15, 0.2) is 79.3 Å². The van der Waals surface area contributed by atoms with Gasteiger partial charge in [-0.1, -0.05) is 24.3 Å². The third-order valence-corrected chi connectivity index (χ3v) is 4.97. The minimum atomic E-state index is -0.370. The van der Waals surface area contributed by atoms with Gasteiger partial charge in [0, 0.05) is 29.5 Å². The highest BCUT2D eigenvalue weighted by atomic mass is 16.5. The van der Waals surface area contributed by atoms with E-state index in [2.05, 4.69) is 16.0 Å². The van der Waals surface area contributed by atoms with Crippen molar-refractivity contribution in [1.82, 2.24) is 19.6 Å². The largest absolute Gasteiger partial charge is 0.462 e. The highest BCUT2D eigenvalue weighted by Gasteiger charge is 2.20. The van der Waals surface area contributed by atoms with Gasteiger partial charge in [-0.2, -0.15) is 5.10 Å². The molecule has 0 amide bonds. The summed E-state index contributed by atoms with van der Waals surface area (Å²) in [7, 11) is 0. The van der Waals surface area contributed by atoms with E-state index in [0.717, 1.165) is 38.9 Å². The van der Waals surface area contributed by atoms with Gasteiger partial charge in [0.15, 0.2) is 0 Å². The van der Waals surface area contributed by atoms with E-state index in [-0.39, 0.29) is 5.97 Å². The fourth-order valence-corrected chi connectivity index (χ4v) is 3.65. The Labute approximate surface area is 172 Å². The molecule has 0 fully saturated rings. The maximum absolute atomic E-state index is 12.2. The van der Waals surface area contributed by atoms with Crippen LogP contribution in [-0.2, 0) is 4.74 Å². The van der Waals surface area contributed by atoms with Crippen LogP contribution < -0.4 is 0 Å². The van der Waals surface area contributed by atoms with Crippen molar-refractivity contribution in [2.75, 3.05) is 6.61 Å². The molecule has 0 aliphatic carbocycles. The van der Waals surface area contributed by atoms with Gasteiger partial charge in [-0.15, -0.1) is 0 Å². The van der Waals surface area contributed by atoms with E-state index in [9.17, 15) is 4.79 Å². The Bertz CT molecular complexity index is 1370. The highest BCUT2D eigenvalue weighted by molar-refractivity contribution is 6.03. The van der Waals surface area contributed by atoms with Gasteiger partial charge in [0.2, 0.25) is 0 Å². The number of ether oxygens (including phenoxy) is 1. The van der Waals surface area contributed by atoms with E-state index in [1.807, 2.05) is 48.5 Å². The topological polar surface area (TPSA) is 69.4 Å². The van der Waals surface area contributed by atoms with E-state index >= 15 is 0 Å². The summed E-state index contributed by atoms with van der Waals surface area (Å²) in [5.41, 5.74) is 5.70. The van der Waals surface area contributed by atoms with Crippen LogP contribution in [0.25, 0.3) is 38.9 Å². The second kappa shape index (κ2) is 7.40. The number of para-hydroxylation sites is 1. The molecule has 0 unspecified atom stereocenters. The Morgan fingerprint density at radius 2 is 1.83 bits per heavy atom. The molecule has 0 spiro atoms. The van der Waals surface area contributed by atoms with E-state index < -0.39 is 0 Å². The molecule has 0 N–H and O–H groups in total. The normalized spacial score (nSPS) is 11.1. The van der Waals surface area contributed by atoms with E-state index in [0.29, 0.717) is 12.2 Å². The lowest BCUT2D eigenvalue weighted by Gasteiger charge is -2.07. The number of hydrogen-bond donors (Lipinski definition) is 0. The van der Waals surface area contributed by atoms with Crippen LogP contribution in [0.5, 0.6) is 0 Å². The SMILES string of the molecule is CCOC(=O)c1ccc2c(-c3ccnc4ccccc34)c(-c3ccccn3)nn2c1. The summed E-state index contributed by atoms with van der Waals surface area (Å²) < 4.78 is 6.86. The average molecular weight is 394 g/mol. The molecule has 4 aromatic heterocycles. The van der Waals surface area contributed by atoms with Gasteiger partial charge in [0.05, 0.1) is 28.9 Å². The third-order valence-electron chi connectivity index (χ3n) is 4.97. The number of carbonyl (C=O) groups is 1. The summed E-state index contributed by atoms with van der Waals surface area (Å²) in [5, 5.41) is 5.82. The summed E-state index contributed by atoms with van der Waals surface area (Å²) >= 11 is 0. The van der Waals surface area contributed by atoms with Crippen molar-refractivity contribution in [3.8, 4) is 22.5 Å². The van der Waals surface area contributed by atoms with E-state index in [4.69, 9.17) is 9.84 Å². The number of fused-ring (bicyclic) bond motifs is 2. The van der Waals surface area contributed by atoms with Crippen LogP contribution in [0.1, 0.15) is 17.3 Å². The molecule has 6 nitrogen and oxygen atoms in total. The van der Waals surface area contributed by atoms with E-state index in [1.54, 1.807) is 36.1 Å². The number of pyridine rings is 3. The number of rotatable bonds is 4. The predicted molar refractivity (Wildman–Crippen MR) is 115 cm³/mol. The Hall–Kier alpha value is -4.06. The number of nitrogens with zero attached hydrogens (tertiary/aromatic N) is 4. The molecule has 5 aromatic rings. The summed E-state index contributed by atoms with van der Waals surface area (Å²) in [4.78, 5) is 21.2. The minimum Gasteiger partial charge on any atom is -0.462 e. The molecule has 0 bridgehead atoms. The Morgan fingerprint density at radius 1 is 0.967 bits per heavy atom. The fraction of sp³-hybridized carbons (Fsp3) is 0.0833. The van der Waals surface area contributed by atoms with Gasteiger partial charge in [-0.05, 0) is 48.9 Å². The van der Waals surface area contributed by atoms with Crippen molar-refractivity contribution < 1.29 is 9.53 Å². The Balaban J connectivity index is 1.82. The lowest BCUT2D eigenvalue weighted by Crippen LogP contribution is -2.06. The summed E-state index contributed by atoms with van der Waals surface area (Å²) in [6, 6.07) is 19.4. The van der Waals surface area contributed by atoms with Crippen LogP contribution in [0.4, 0.5) is 0 Å². The van der Waals surface area contributed by atoms with Gasteiger partial charge in [-0.3, -0.25) is 9.97 Å². The fourth-order valence-electron chi connectivity index (χ4n) is 3.65. The molecule has 6 heteroatoms. The van der Waals surface area contributed by atoms with Gasteiger partial charge >= 0.3 is 5.97 Å². The minimum absolute atomic E-state index is 0.323. The van der Waals surface area contributed by atoms with Crippen molar-refractivity contribution in [2.45, 2.75) is 6.92 Å². The van der Waals surface area contributed by atoms with Crippen molar-refractivity contribution in [3.05, 3.63) is 84.8 Å². The van der Waals surface area contributed by atoms with Crippen LogP contribution in [0, 0.1) is 0 Å². The number of hydrogen-bond acceptors (Lipinski definition) is 5.